The molecule has 2 unspecified atom stereocenters. The SMILES string of the molecule is CCN1CCC2(CCCC(C)C2)C1. The summed E-state index contributed by atoms with van der Waals surface area (Å²) in [6.45, 7) is 8.76. The van der Waals surface area contributed by atoms with Gasteiger partial charge in [-0.15, -0.1) is 0 Å². The molecule has 13 heavy (non-hydrogen) atoms. The Balaban J connectivity index is 1.97. The van der Waals surface area contributed by atoms with Crippen molar-refractivity contribution in [3.8, 4) is 0 Å². The molecule has 1 heteroatoms. The van der Waals surface area contributed by atoms with Crippen molar-refractivity contribution in [3.63, 3.8) is 0 Å². The predicted octanol–water partition coefficient (Wildman–Crippen LogP) is 2.91. The van der Waals surface area contributed by atoms with Crippen molar-refractivity contribution in [2.45, 2.75) is 46.0 Å². The van der Waals surface area contributed by atoms with Crippen LogP contribution in [0.1, 0.15) is 46.0 Å². The van der Waals surface area contributed by atoms with E-state index >= 15 is 0 Å². The zero-order valence-corrected chi connectivity index (χ0v) is 9.18. The third kappa shape index (κ3) is 1.90. The molecule has 2 aliphatic rings. The van der Waals surface area contributed by atoms with E-state index in [-0.39, 0.29) is 0 Å². The highest BCUT2D eigenvalue weighted by atomic mass is 15.1. The summed E-state index contributed by atoms with van der Waals surface area (Å²) < 4.78 is 0. The average Bonchev–Trinajstić information content (AvgIpc) is 2.48. The molecular formula is C12H23N. The van der Waals surface area contributed by atoms with Gasteiger partial charge in [0, 0.05) is 6.54 Å². The second-order valence-electron chi connectivity index (χ2n) is 5.32. The van der Waals surface area contributed by atoms with Gasteiger partial charge in [-0.3, -0.25) is 0 Å². The minimum Gasteiger partial charge on any atom is -0.303 e. The van der Waals surface area contributed by atoms with Crippen LogP contribution in [0, 0.1) is 11.3 Å². The summed E-state index contributed by atoms with van der Waals surface area (Å²) in [4.78, 5) is 2.64. The molecule has 0 aromatic rings. The van der Waals surface area contributed by atoms with E-state index in [0.29, 0.717) is 0 Å². The van der Waals surface area contributed by atoms with Crippen LogP contribution in [0.5, 0.6) is 0 Å². The fourth-order valence-corrected chi connectivity index (χ4v) is 3.44. The van der Waals surface area contributed by atoms with E-state index < -0.39 is 0 Å². The summed E-state index contributed by atoms with van der Waals surface area (Å²) in [5, 5.41) is 0. The van der Waals surface area contributed by atoms with E-state index in [1.165, 1.54) is 51.7 Å². The van der Waals surface area contributed by atoms with E-state index in [4.69, 9.17) is 0 Å². The Morgan fingerprint density at radius 2 is 2.23 bits per heavy atom. The molecule has 0 aromatic heterocycles. The molecule has 2 fully saturated rings. The maximum atomic E-state index is 2.64. The fourth-order valence-electron chi connectivity index (χ4n) is 3.44. The van der Waals surface area contributed by atoms with E-state index in [2.05, 4.69) is 18.7 Å². The molecule has 76 valence electrons. The lowest BCUT2D eigenvalue weighted by Crippen LogP contribution is -2.31. The Bertz CT molecular complexity index is 178. The highest BCUT2D eigenvalue weighted by molar-refractivity contribution is 4.92. The topological polar surface area (TPSA) is 3.24 Å². The minimum absolute atomic E-state index is 0.744. The van der Waals surface area contributed by atoms with Gasteiger partial charge in [0.05, 0.1) is 0 Å². The molecule has 1 spiro atoms. The first-order valence-corrected chi connectivity index (χ1v) is 5.96. The first kappa shape index (κ1) is 9.51. The number of hydrogen-bond acceptors (Lipinski definition) is 1. The van der Waals surface area contributed by atoms with Crippen LogP contribution in [-0.2, 0) is 0 Å². The maximum absolute atomic E-state index is 2.64. The Hall–Kier alpha value is -0.0400. The highest BCUT2D eigenvalue weighted by Gasteiger charge is 2.39. The standard InChI is InChI=1S/C12H23N/c1-3-13-8-7-12(10-13)6-4-5-11(2)9-12/h11H,3-10H2,1-2H3. The zero-order chi connectivity index (χ0) is 9.31. The van der Waals surface area contributed by atoms with Crippen LogP contribution >= 0.6 is 0 Å². The Kier molecular flexibility index (Phi) is 2.64. The van der Waals surface area contributed by atoms with Crippen LogP contribution in [0.4, 0.5) is 0 Å². The molecular weight excluding hydrogens is 158 g/mol. The number of likely N-dealkylation sites (tertiary alicyclic amines) is 1. The third-order valence-corrected chi connectivity index (χ3v) is 4.15. The van der Waals surface area contributed by atoms with Crippen molar-refractivity contribution >= 4 is 0 Å². The molecule has 0 radical (unpaired) electrons. The summed E-state index contributed by atoms with van der Waals surface area (Å²) >= 11 is 0. The van der Waals surface area contributed by atoms with Crippen LogP contribution < -0.4 is 0 Å². The van der Waals surface area contributed by atoms with E-state index in [0.717, 1.165) is 11.3 Å². The lowest BCUT2D eigenvalue weighted by Gasteiger charge is -2.36. The van der Waals surface area contributed by atoms with Gasteiger partial charge in [-0.2, -0.15) is 0 Å². The molecule has 0 bridgehead atoms. The van der Waals surface area contributed by atoms with Gasteiger partial charge in [-0.1, -0.05) is 26.7 Å². The summed E-state index contributed by atoms with van der Waals surface area (Å²) in [5.74, 6) is 0.991. The smallest absolute Gasteiger partial charge is 0.00384 e. The van der Waals surface area contributed by atoms with Crippen molar-refractivity contribution in [1.82, 2.24) is 4.90 Å². The van der Waals surface area contributed by atoms with Crippen molar-refractivity contribution in [3.05, 3.63) is 0 Å². The summed E-state index contributed by atoms with van der Waals surface area (Å²) in [6.07, 6.45) is 7.45. The van der Waals surface area contributed by atoms with Gasteiger partial charge in [-0.25, -0.2) is 0 Å². The van der Waals surface area contributed by atoms with Crippen LogP contribution in [0.2, 0.25) is 0 Å². The van der Waals surface area contributed by atoms with Gasteiger partial charge in [0.15, 0.2) is 0 Å². The molecule has 1 saturated heterocycles. The first-order chi connectivity index (χ1) is 6.24. The van der Waals surface area contributed by atoms with Crippen LogP contribution in [0.15, 0.2) is 0 Å². The van der Waals surface area contributed by atoms with Gasteiger partial charge < -0.3 is 4.90 Å². The van der Waals surface area contributed by atoms with Gasteiger partial charge in [0.1, 0.15) is 0 Å². The molecule has 0 amide bonds. The van der Waals surface area contributed by atoms with Crippen LogP contribution in [-0.4, -0.2) is 24.5 Å². The zero-order valence-electron chi connectivity index (χ0n) is 9.18. The molecule has 2 rings (SSSR count). The van der Waals surface area contributed by atoms with Crippen LogP contribution in [0.25, 0.3) is 0 Å². The highest BCUT2D eigenvalue weighted by Crippen LogP contribution is 2.45. The molecule has 1 heterocycles. The predicted molar refractivity (Wildman–Crippen MR) is 56.8 cm³/mol. The van der Waals surface area contributed by atoms with E-state index in [1.54, 1.807) is 0 Å². The molecule has 0 aromatic carbocycles. The lowest BCUT2D eigenvalue weighted by molar-refractivity contribution is 0.150. The molecule has 1 aliphatic carbocycles. The largest absolute Gasteiger partial charge is 0.303 e. The lowest BCUT2D eigenvalue weighted by atomic mass is 9.70. The quantitative estimate of drug-likeness (QED) is 0.601. The van der Waals surface area contributed by atoms with Gasteiger partial charge in [0.2, 0.25) is 0 Å². The summed E-state index contributed by atoms with van der Waals surface area (Å²) in [7, 11) is 0. The molecule has 0 N–H and O–H groups in total. The monoisotopic (exact) mass is 181 g/mol. The molecule has 1 saturated carbocycles. The van der Waals surface area contributed by atoms with Gasteiger partial charge in [-0.05, 0) is 43.7 Å². The fraction of sp³-hybridized carbons (Fsp3) is 1.00. The molecule has 1 nitrogen and oxygen atoms in total. The summed E-state index contributed by atoms with van der Waals surface area (Å²) in [6, 6.07) is 0. The maximum Gasteiger partial charge on any atom is 0.00384 e. The van der Waals surface area contributed by atoms with Crippen LogP contribution in [0.3, 0.4) is 0 Å². The molecule has 1 aliphatic heterocycles. The number of hydrogen-bond donors (Lipinski definition) is 0. The average molecular weight is 181 g/mol. The van der Waals surface area contributed by atoms with Crippen molar-refractivity contribution in [1.29, 1.82) is 0 Å². The van der Waals surface area contributed by atoms with Gasteiger partial charge in [0.25, 0.3) is 0 Å². The Morgan fingerprint density at radius 3 is 2.85 bits per heavy atom. The third-order valence-electron chi connectivity index (χ3n) is 4.15. The van der Waals surface area contributed by atoms with E-state index in [9.17, 15) is 0 Å². The second-order valence-corrected chi connectivity index (χ2v) is 5.32. The first-order valence-electron chi connectivity index (χ1n) is 5.96. The van der Waals surface area contributed by atoms with E-state index in [1.807, 2.05) is 0 Å². The number of rotatable bonds is 1. The van der Waals surface area contributed by atoms with Crippen molar-refractivity contribution < 1.29 is 0 Å². The Labute approximate surface area is 82.5 Å². The second kappa shape index (κ2) is 3.61. The van der Waals surface area contributed by atoms with Crippen molar-refractivity contribution in [2.75, 3.05) is 19.6 Å². The number of nitrogens with zero attached hydrogens (tertiary/aromatic N) is 1. The normalized spacial score (nSPS) is 41.5. The summed E-state index contributed by atoms with van der Waals surface area (Å²) in [5.41, 5.74) is 0.744. The minimum atomic E-state index is 0.744. The molecule has 2 atom stereocenters. The van der Waals surface area contributed by atoms with Gasteiger partial charge >= 0.3 is 0 Å². The van der Waals surface area contributed by atoms with Crippen molar-refractivity contribution in [2.24, 2.45) is 11.3 Å². The Morgan fingerprint density at radius 1 is 1.38 bits per heavy atom.